The highest BCUT2D eigenvalue weighted by Crippen LogP contribution is 2.13. The van der Waals surface area contributed by atoms with Crippen LogP contribution in [0.5, 0.6) is 0 Å². The Bertz CT molecular complexity index is 1690. The molecule has 0 saturated carbocycles. The Kier molecular flexibility index (Phi) is 23.0. The molecular formula is C42H68N10O10. The van der Waals surface area contributed by atoms with Crippen molar-refractivity contribution in [1.29, 1.82) is 0 Å². The highest BCUT2D eigenvalue weighted by molar-refractivity contribution is 5.98. The lowest BCUT2D eigenvalue weighted by molar-refractivity contribution is -0.155. The second-order valence-electron chi connectivity index (χ2n) is 16.1. The highest BCUT2D eigenvalue weighted by Gasteiger charge is 2.38. The van der Waals surface area contributed by atoms with Crippen molar-refractivity contribution in [3.63, 3.8) is 0 Å². The molecular weight excluding hydrogens is 805 g/mol. The molecule has 1 heterocycles. The summed E-state index contributed by atoms with van der Waals surface area (Å²) in [5, 5.41) is 25.6. The smallest absolute Gasteiger partial charge is 0.328 e. The van der Waals surface area contributed by atoms with Gasteiger partial charge < -0.3 is 58.9 Å². The summed E-state index contributed by atoms with van der Waals surface area (Å²) in [6.45, 7) is 7.74. The van der Waals surface area contributed by atoms with Crippen LogP contribution in [0.3, 0.4) is 0 Å². The Morgan fingerprint density at radius 3 is 1.81 bits per heavy atom. The molecule has 1 fully saturated rings. The zero-order chi connectivity index (χ0) is 46.4. The fraction of sp³-hybridized carbons (Fsp3) is 0.643. The third-order valence-corrected chi connectivity index (χ3v) is 10.2. The van der Waals surface area contributed by atoms with E-state index in [-0.39, 0.29) is 18.8 Å². The summed E-state index contributed by atoms with van der Waals surface area (Å²) in [5.41, 5.74) is 16.7. The van der Waals surface area contributed by atoms with Crippen molar-refractivity contribution in [1.82, 2.24) is 31.9 Å². The van der Waals surface area contributed by atoms with E-state index in [1.165, 1.54) is 20.8 Å². The van der Waals surface area contributed by atoms with Gasteiger partial charge in [0.25, 0.3) is 0 Å². The van der Waals surface area contributed by atoms with Gasteiger partial charge >= 0.3 is 5.97 Å². The number of rotatable bonds is 19. The Morgan fingerprint density at radius 1 is 0.710 bits per heavy atom. The van der Waals surface area contributed by atoms with Crippen LogP contribution in [0.1, 0.15) is 111 Å². The van der Waals surface area contributed by atoms with Crippen LogP contribution >= 0.6 is 0 Å². The molecule has 20 heteroatoms. The van der Waals surface area contributed by atoms with Gasteiger partial charge in [-0.05, 0) is 45.1 Å². The number of carbonyl (C=O) groups is 8. The molecule has 62 heavy (non-hydrogen) atoms. The Labute approximate surface area is 363 Å². The first-order valence-corrected chi connectivity index (χ1v) is 21.4. The second kappa shape index (κ2) is 27.2. The van der Waals surface area contributed by atoms with E-state index >= 15 is 0 Å². The maximum Gasteiger partial charge on any atom is 0.328 e. The molecule has 2 rings (SSSR count). The quantitative estimate of drug-likeness (QED) is 0.0353. The third kappa shape index (κ3) is 19.3. The van der Waals surface area contributed by atoms with E-state index in [9.17, 15) is 43.5 Å². The number of amides is 7. The molecule has 346 valence electrons. The molecule has 0 aromatic heterocycles. The molecule has 13 N–H and O–H groups in total. The van der Waals surface area contributed by atoms with Crippen LogP contribution in [-0.4, -0.2) is 113 Å². The number of cyclic esters (lactones) is 1. The van der Waals surface area contributed by atoms with Crippen molar-refractivity contribution in [2.45, 2.75) is 160 Å². The van der Waals surface area contributed by atoms with Crippen LogP contribution in [0, 0.1) is 5.92 Å². The van der Waals surface area contributed by atoms with Gasteiger partial charge in [-0.1, -0.05) is 89.1 Å². The molecule has 8 atom stereocenters. The number of hydrogen-bond acceptors (Lipinski definition) is 11. The number of aliphatic hydroxyl groups is 1. The van der Waals surface area contributed by atoms with Gasteiger partial charge in [-0.3, -0.25) is 38.6 Å². The van der Waals surface area contributed by atoms with Crippen molar-refractivity contribution in [2.75, 3.05) is 6.54 Å². The number of unbranched alkanes of at least 4 members (excludes halogenated alkanes) is 8. The van der Waals surface area contributed by atoms with Crippen LogP contribution in [0.25, 0.3) is 0 Å². The number of ether oxygens (including phenoxy) is 1. The highest BCUT2D eigenvalue weighted by atomic mass is 16.5. The SMILES string of the molecule is CC(C)[C@H]1NC(=O)[C@@H](NC(=O)CCCCCCCCCCCN=C(N)N)[C@@H](C)OC(=O)[C@@H](C)NC(=O)[C@@H](CC(N)=O)NC(=O)[C@@H]([C@H](C)O)NC(=O)[C@H](Cc2ccccc2)NC1=O. The largest absolute Gasteiger partial charge is 0.458 e. The number of nitrogens with one attached hydrogen (secondary N) is 6. The average molecular weight is 873 g/mol. The van der Waals surface area contributed by atoms with Gasteiger partial charge in [0, 0.05) is 19.4 Å². The lowest BCUT2D eigenvalue weighted by Crippen LogP contribution is -2.62. The molecule has 20 nitrogen and oxygen atoms in total. The number of nitrogens with two attached hydrogens (primary N) is 3. The first-order chi connectivity index (χ1) is 29.3. The zero-order valence-electron chi connectivity index (χ0n) is 36.6. The van der Waals surface area contributed by atoms with Crippen LogP contribution < -0.4 is 49.1 Å². The van der Waals surface area contributed by atoms with Gasteiger partial charge in [0.2, 0.25) is 41.4 Å². The minimum Gasteiger partial charge on any atom is -0.458 e. The topological polar surface area (TPSA) is 329 Å². The summed E-state index contributed by atoms with van der Waals surface area (Å²) in [4.78, 5) is 111. The molecule has 0 aliphatic carbocycles. The number of esters is 1. The van der Waals surface area contributed by atoms with Gasteiger partial charge in [0.1, 0.15) is 42.4 Å². The molecule has 1 aromatic carbocycles. The summed E-state index contributed by atoms with van der Waals surface area (Å²) in [6, 6.07) is -0.296. The maximum atomic E-state index is 14.0. The van der Waals surface area contributed by atoms with Crippen LogP contribution in [0.15, 0.2) is 35.3 Å². The monoisotopic (exact) mass is 873 g/mol. The average Bonchev–Trinajstić information content (AvgIpc) is 3.19. The van der Waals surface area contributed by atoms with E-state index in [0.29, 0.717) is 18.5 Å². The Balaban J connectivity index is 2.36. The normalized spacial score (nSPS) is 23.8. The number of hydrogen-bond donors (Lipinski definition) is 10. The summed E-state index contributed by atoms with van der Waals surface area (Å²) >= 11 is 0. The predicted molar refractivity (Wildman–Crippen MR) is 230 cm³/mol. The molecule has 1 aromatic rings. The number of carbonyl (C=O) groups excluding carboxylic acids is 8. The van der Waals surface area contributed by atoms with Crippen LogP contribution in [0.4, 0.5) is 0 Å². The first-order valence-electron chi connectivity index (χ1n) is 21.4. The fourth-order valence-electron chi connectivity index (χ4n) is 6.64. The van der Waals surface area contributed by atoms with Gasteiger partial charge in [-0.15, -0.1) is 0 Å². The number of nitrogens with zero attached hydrogens (tertiary/aromatic N) is 1. The molecule has 1 aliphatic rings. The number of aliphatic imine (C=N–C) groups is 1. The number of guanidine groups is 1. The van der Waals surface area contributed by atoms with Gasteiger partial charge in [0.05, 0.1) is 12.5 Å². The molecule has 0 unspecified atom stereocenters. The van der Waals surface area contributed by atoms with E-state index in [1.807, 2.05) is 0 Å². The number of aliphatic hydroxyl groups excluding tert-OH is 1. The molecule has 1 saturated heterocycles. The van der Waals surface area contributed by atoms with E-state index in [2.05, 4.69) is 36.9 Å². The van der Waals surface area contributed by atoms with E-state index in [1.54, 1.807) is 44.2 Å². The van der Waals surface area contributed by atoms with E-state index in [4.69, 9.17) is 21.9 Å². The molecule has 0 bridgehead atoms. The standard InChI is InChI=1S/C42H68N10O10/c1-24(2)33-38(58)48-29(22-28-18-14-13-15-19-28)37(57)52-34(26(4)53)39(59)49-30(23-31(43)54)36(56)47-25(3)41(61)62-27(5)35(40(60)51-33)50-32(55)20-16-11-9-7-6-8-10-12-17-21-46-42(44)45/h13-15,18-19,24-27,29-30,33-35,53H,6-12,16-17,20-23H2,1-5H3,(H2,43,54)(H,47,56)(H,48,58)(H,49,59)(H,50,55)(H,51,60)(H,52,57)(H4,44,45,46)/t25-,26+,27-,29+,30-,33-,34-,35+/m1/s1. The van der Waals surface area contributed by atoms with E-state index < -0.39 is 108 Å². The molecule has 7 amide bonds. The predicted octanol–water partition coefficient (Wildman–Crippen LogP) is -0.810. The summed E-state index contributed by atoms with van der Waals surface area (Å²) in [7, 11) is 0. The fourth-order valence-corrected chi connectivity index (χ4v) is 6.64. The Hall–Kier alpha value is -5.79. The number of benzene rings is 1. The number of primary amides is 1. The maximum absolute atomic E-state index is 14.0. The van der Waals surface area contributed by atoms with Crippen molar-refractivity contribution in [2.24, 2.45) is 28.1 Å². The summed E-state index contributed by atoms with van der Waals surface area (Å²) in [5.74, 6) is -7.66. The third-order valence-electron chi connectivity index (χ3n) is 10.2. The minimum absolute atomic E-state index is 0.0620. The van der Waals surface area contributed by atoms with Crippen molar-refractivity contribution < 1.29 is 48.2 Å². The Morgan fingerprint density at radius 2 is 1.24 bits per heavy atom. The minimum atomic E-state index is -1.69. The second-order valence-corrected chi connectivity index (χ2v) is 16.1. The summed E-state index contributed by atoms with van der Waals surface area (Å²) in [6.07, 6.45) is 4.70. The molecule has 1 aliphatic heterocycles. The van der Waals surface area contributed by atoms with Crippen molar-refractivity contribution >= 4 is 53.3 Å². The van der Waals surface area contributed by atoms with Crippen molar-refractivity contribution in [3.05, 3.63) is 35.9 Å². The van der Waals surface area contributed by atoms with Gasteiger partial charge in [0.15, 0.2) is 5.96 Å². The van der Waals surface area contributed by atoms with Crippen molar-refractivity contribution in [3.8, 4) is 0 Å². The lowest BCUT2D eigenvalue weighted by atomic mass is 9.99. The zero-order valence-corrected chi connectivity index (χ0v) is 36.6. The van der Waals surface area contributed by atoms with Crippen LogP contribution in [-0.2, 0) is 49.5 Å². The van der Waals surface area contributed by atoms with Gasteiger partial charge in [-0.2, -0.15) is 0 Å². The first kappa shape index (κ1) is 52.3. The molecule has 0 radical (unpaired) electrons. The van der Waals surface area contributed by atoms with Crippen LogP contribution in [0.2, 0.25) is 0 Å². The van der Waals surface area contributed by atoms with Gasteiger partial charge in [-0.25, -0.2) is 4.79 Å². The summed E-state index contributed by atoms with van der Waals surface area (Å²) < 4.78 is 5.57. The molecule has 0 spiro atoms. The van der Waals surface area contributed by atoms with E-state index in [0.717, 1.165) is 51.4 Å². The lowest BCUT2D eigenvalue weighted by Gasteiger charge is -2.30.